The Morgan fingerprint density at radius 1 is 1.37 bits per heavy atom. The van der Waals surface area contributed by atoms with Crippen molar-refractivity contribution < 1.29 is 33.8 Å². The monoisotopic (exact) mass is 432 g/mol. The summed E-state index contributed by atoms with van der Waals surface area (Å²) in [4.78, 5) is 49.0. The van der Waals surface area contributed by atoms with Crippen molar-refractivity contribution in [1.29, 1.82) is 0 Å². The highest BCUT2D eigenvalue weighted by Gasteiger charge is 2.54. The molecule has 1 aromatic rings. The third kappa shape index (κ3) is 3.74. The second-order valence-electron chi connectivity index (χ2n) is 7.21. The summed E-state index contributed by atoms with van der Waals surface area (Å²) in [5.74, 6) is -1.46. The fourth-order valence-electron chi connectivity index (χ4n) is 3.74. The Balaban J connectivity index is 1.42. The highest BCUT2D eigenvalue weighted by molar-refractivity contribution is 8.00. The molecule has 1 fully saturated rings. The average Bonchev–Trinajstić information content (AvgIpc) is 3.17. The first-order valence-electron chi connectivity index (χ1n) is 9.42. The van der Waals surface area contributed by atoms with E-state index in [1.807, 2.05) is 18.2 Å². The van der Waals surface area contributed by atoms with Gasteiger partial charge in [0.25, 0.3) is 5.91 Å². The van der Waals surface area contributed by atoms with Crippen LogP contribution in [-0.4, -0.2) is 64.1 Å². The Bertz CT molecular complexity index is 974. The molecule has 4 rings (SSSR count). The minimum absolute atomic E-state index is 0.119. The molecule has 2 atom stereocenters. The Labute approximate surface area is 176 Å². The van der Waals surface area contributed by atoms with E-state index in [1.165, 1.54) is 18.7 Å². The van der Waals surface area contributed by atoms with Crippen LogP contribution in [0.15, 0.2) is 29.5 Å². The first kappa shape index (κ1) is 20.3. The lowest BCUT2D eigenvalue weighted by Crippen LogP contribution is -2.70. The molecule has 2 amide bonds. The second kappa shape index (κ2) is 8.02. The first-order chi connectivity index (χ1) is 14.3. The van der Waals surface area contributed by atoms with Gasteiger partial charge in [0, 0.05) is 24.7 Å². The van der Waals surface area contributed by atoms with Crippen molar-refractivity contribution in [2.24, 2.45) is 0 Å². The zero-order valence-electron chi connectivity index (χ0n) is 16.2. The van der Waals surface area contributed by atoms with Gasteiger partial charge >= 0.3 is 11.9 Å². The van der Waals surface area contributed by atoms with Crippen molar-refractivity contribution in [3.63, 3.8) is 0 Å². The van der Waals surface area contributed by atoms with Gasteiger partial charge in [-0.3, -0.25) is 19.3 Å². The predicted molar refractivity (Wildman–Crippen MR) is 106 cm³/mol. The van der Waals surface area contributed by atoms with E-state index in [2.05, 4.69) is 5.32 Å². The summed E-state index contributed by atoms with van der Waals surface area (Å²) in [6.45, 7) is 1.68. The number of benzene rings is 1. The van der Waals surface area contributed by atoms with Crippen LogP contribution in [0.3, 0.4) is 0 Å². The molecule has 3 aliphatic heterocycles. The summed E-state index contributed by atoms with van der Waals surface area (Å²) >= 11 is 1.33. The van der Waals surface area contributed by atoms with Gasteiger partial charge in [-0.25, -0.2) is 4.79 Å². The molecule has 0 aromatic heterocycles. The molecule has 0 bridgehead atoms. The zero-order chi connectivity index (χ0) is 21.4. The smallest absolute Gasteiger partial charge is 0.352 e. The second-order valence-corrected chi connectivity index (χ2v) is 8.31. The first-order valence-corrected chi connectivity index (χ1v) is 10.5. The normalized spacial score (nSPS) is 21.9. The van der Waals surface area contributed by atoms with Gasteiger partial charge in [-0.2, -0.15) is 0 Å². The third-order valence-corrected chi connectivity index (χ3v) is 6.47. The van der Waals surface area contributed by atoms with Crippen molar-refractivity contribution >= 4 is 35.5 Å². The Morgan fingerprint density at radius 3 is 2.90 bits per heavy atom. The number of aliphatic carboxylic acids is 1. The number of nitrogens with zero attached hydrogens (tertiary/aromatic N) is 1. The quantitative estimate of drug-likeness (QED) is 0.491. The van der Waals surface area contributed by atoms with Crippen LogP contribution >= 0.6 is 11.8 Å². The van der Waals surface area contributed by atoms with Gasteiger partial charge in [0.1, 0.15) is 29.5 Å². The fourth-order valence-corrected chi connectivity index (χ4v) is 5.07. The number of thioether (sulfide) groups is 1. The SMILES string of the molecule is CC(=O)OCC1=C(C(=O)O)N2C(=O)C(NC(=O)Cc3ccc4c(c3)CCO4)C2SC1. The number of carbonyl (C=O) groups excluding carboxylic acids is 3. The Morgan fingerprint density at radius 2 is 2.17 bits per heavy atom. The van der Waals surface area contributed by atoms with Gasteiger partial charge in [-0.05, 0) is 17.2 Å². The van der Waals surface area contributed by atoms with Crippen LogP contribution in [0.5, 0.6) is 5.75 Å². The number of hydrogen-bond acceptors (Lipinski definition) is 7. The van der Waals surface area contributed by atoms with Crippen molar-refractivity contribution in [3.8, 4) is 5.75 Å². The molecule has 0 saturated carbocycles. The highest BCUT2D eigenvalue weighted by atomic mass is 32.2. The third-order valence-electron chi connectivity index (χ3n) is 5.13. The van der Waals surface area contributed by atoms with Crippen LogP contribution in [-0.2, 0) is 36.8 Å². The number of carboxylic acid groups (broad SMARTS) is 1. The molecule has 2 N–H and O–H groups in total. The molecule has 3 aliphatic rings. The minimum atomic E-state index is -1.26. The van der Waals surface area contributed by atoms with Crippen LogP contribution in [0, 0.1) is 0 Å². The summed E-state index contributed by atoms with van der Waals surface area (Å²) in [6, 6.07) is 4.80. The highest BCUT2D eigenvalue weighted by Crippen LogP contribution is 2.40. The molecule has 3 heterocycles. The van der Waals surface area contributed by atoms with Crippen LogP contribution in [0.1, 0.15) is 18.1 Å². The number of carbonyl (C=O) groups is 4. The van der Waals surface area contributed by atoms with E-state index in [1.54, 1.807) is 0 Å². The van der Waals surface area contributed by atoms with Crippen molar-refractivity contribution in [1.82, 2.24) is 10.2 Å². The molecular formula is C20H20N2O7S. The molecule has 0 aliphatic carbocycles. The molecule has 30 heavy (non-hydrogen) atoms. The van der Waals surface area contributed by atoms with E-state index >= 15 is 0 Å². The maximum atomic E-state index is 12.6. The molecule has 2 unspecified atom stereocenters. The summed E-state index contributed by atoms with van der Waals surface area (Å²) in [5, 5.41) is 11.8. The van der Waals surface area contributed by atoms with Crippen LogP contribution in [0.2, 0.25) is 0 Å². The Kier molecular flexibility index (Phi) is 5.42. The van der Waals surface area contributed by atoms with Crippen LogP contribution in [0.25, 0.3) is 0 Å². The minimum Gasteiger partial charge on any atom is -0.493 e. The molecular weight excluding hydrogens is 412 g/mol. The number of ether oxygens (including phenoxy) is 2. The number of amides is 2. The lowest BCUT2D eigenvalue weighted by molar-refractivity contribution is -0.151. The van der Waals surface area contributed by atoms with Crippen molar-refractivity contribution in [2.45, 2.75) is 31.2 Å². The number of carboxylic acids is 1. The standard InChI is InChI=1S/C20H20N2O7S/c1-10(23)29-8-13-9-30-19-16(18(25)22(19)17(13)20(26)27)21-15(24)7-11-2-3-14-12(6-11)4-5-28-14/h2-3,6,16,19H,4-5,7-9H2,1H3,(H,21,24)(H,26,27). The van der Waals surface area contributed by atoms with E-state index in [4.69, 9.17) is 9.47 Å². The van der Waals surface area contributed by atoms with Gasteiger partial charge in [-0.1, -0.05) is 12.1 Å². The lowest BCUT2D eigenvalue weighted by Gasteiger charge is -2.49. The Hall–Kier alpha value is -3.01. The van der Waals surface area contributed by atoms with E-state index in [0.29, 0.717) is 17.9 Å². The summed E-state index contributed by atoms with van der Waals surface area (Å²) < 4.78 is 10.4. The molecule has 1 saturated heterocycles. The lowest BCUT2D eigenvalue weighted by atomic mass is 10.0. The number of esters is 1. The number of nitrogens with one attached hydrogen (secondary N) is 1. The van der Waals surface area contributed by atoms with Gasteiger partial charge in [-0.15, -0.1) is 11.8 Å². The van der Waals surface area contributed by atoms with Gasteiger partial charge in [0.05, 0.1) is 13.0 Å². The van der Waals surface area contributed by atoms with Crippen LogP contribution < -0.4 is 10.1 Å². The van der Waals surface area contributed by atoms with Crippen molar-refractivity contribution in [3.05, 3.63) is 40.6 Å². The number of rotatable bonds is 6. The van der Waals surface area contributed by atoms with E-state index in [0.717, 1.165) is 28.2 Å². The average molecular weight is 432 g/mol. The maximum Gasteiger partial charge on any atom is 0.352 e. The van der Waals surface area contributed by atoms with E-state index in [9.17, 15) is 24.3 Å². The largest absolute Gasteiger partial charge is 0.493 e. The topological polar surface area (TPSA) is 122 Å². The van der Waals surface area contributed by atoms with E-state index < -0.39 is 29.3 Å². The zero-order valence-corrected chi connectivity index (χ0v) is 17.0. The summed E-state index contributed by atoms with van der Waals surface area (Å²) in [7, 11) is 0. The van der Waals surface area contributed by atoms with E-state index in [-0.39, 0.29) is 24.6 Å². The fraction of sp³-hybridized carbons (Fsp3) is 0.400. The molecule has 0 radical (unpaired) electrons. The molecule has 10 heteroatoms. The number of fused-ring (bicyclic) bond motifs is 2. The number of hydrogen-bond donors (Lipinski definition) is 2. The summed E-state index contributed by atoms with van der Waals surface area (Å²) in [5.41, 5.74) is 2.07. The number of β-lactam (4-membered cyclic amide) rings is 1. The van der Waals surface area contributed by atoms with Crippen LogP contribution in [0.4, 0.5) is 0 Å². The van der Waals surface area contributed by atoms with Gasteiger partial charge in [0.15, 0.2) is 0 Å². The molecule has 1 aromatic carbocycles. The molecule has 158 valence electrons. The van der Waals surface area contributed by atoms with Crippen molar-refractivity contribution in [2.75, 3.05) is 19.0 Å². The molecule has 9 nitrogen and oxygen atoms in total. The summed E-state index contributed by atoms with van der Waals surface area (Å²) in [6.07, 6.45) is 0.924. The van der Waals surface area contributed by atoms with Gasteiger partial charge in [0.2, 0.25) is 5.91 Å². The molecule has 0 spiro atoms. The van der Waals surface area contributed by atoms with Gasteiger partial charge < -0.3 is 19.9 Å². The maximum absolute atomic E-state index is 12.6. The predicted octanol–water partition coefficient (Wildman–Crippen LogP) is 0.466.